The van der Waals surface area contributed by atoms with Crippen molar-refractivity contribution in [3.63, 3.8) is 0 Å². The Balaban J connectivity index is -0.0000000965. The molecule has 0 aliphatic rings. The predicted octanol–water partition coefficient (Wildman–Crippen LogP) is 1.25. The van der Waals surface area contributed by atoms with Crippen molar-refractivity contribution in [1.82, 2.24) is 0 Å². The topological polar surface area (TPSA) is 46.5 Å². The third-order valence-electron chi connectivity index (χ3n) is 0.408. The highest BCUT2D eigenvalue weighted by Gasteiger charge is 1.64. The van der Waals surface area contributed by atoms with Crippen LogP contribution in [-0.2, 0) is 9.53 Å². The molecule has 0 fully saturated rings. The van der Waals surface area contributed by atoms with Gasteiger partial charge in [-0.1, -0.05) is 0 Å². The van der Waals surface area contributed by atoms with Crippen molar-refractivity contribution >= 4 is 5.78 Å². The molecule has 0 radical (unpaired) electrons. The van der Waals surface area contributed by atoms with Crippen LogP contribution in [0, 0.1) is 0 Å². The normalized spacial score (nSPS) is 6.73. The summed E-state index contributed by atoms with van der Waals surface area (Å²) in [7, 11) is 1.00. The molecule has 1 N–H and O–H groups in total. The van der Waals surface area contributed by atoms with Crippen molar-refractivity contribution in [3.8, 4) is 0 Å². The number of hydrogen-bond donors (Lipinski definition) is 1. The smallest absolute Gasteiger partial charge is 0.126 e. The van der Waals surface area contributed by atoms with Crippen LogP contribution in [-0.4, -0.2) is 31.2 Å². The van der Waals surface area contributed by atoms with E-state index >= 15 is 0 Å². The number of carbonyl (C=O) groups excluding carboxylic acids is 1. The van der Waals surface area contributed by atoms with Gasteiger partial charge in [-0.25, -0.2) is 0 Å². The van der Waals surface area contributed by atoms with Gasteiger partial charge in [0.2, 0.25) is 0 Å². The molecule has 70 valence electrons. The van der Waals surface area contributed by atoms with E-state index in [9.17, 15) is 4.79 Å². The maximum atomic E-state index is 9.44. The molecule has 0 saturated heterocycles. The molecule has 0 aliphatic heterocycles. The lowest BCUT2D eigenvalue weighted by atomic mass is 10.6. The summed E-state index contributed by atoms with van der Waals surface area (Å²) in [6.45, 7) is 8.72. The van der Waals surface area contributed by atoms with Crippen molar-refractivity contribution in [3.05, 3.63) is 0 Å². The minimum absolute atomic E-state index is 0.167. The quantitative estimate of drug-likeness (QED) is 0.668. The van der Waals surface area contributed by atoms with Gasteiger partial charge in [0.15, 0.2) is 0 Å². The van der Waals surface area contributed by atoms with Crippen LogP contribution in [0.2, 0.25) is 0 Å². The van der Waals surface area contributed by atoms with E-state index in [-0.39, 0.29) is 5.78 Å². The molecule has 0 amide bonds. The van der Waals surface area contributed by atoms with Gasteiger partial charge in [0, 0.05) is 20.3 Å². The first-order valence-electron chi connectivity index (χ1n) is 3.64. The van der Waals surface area contributed by atoms with Crippen molar-refractivity contribution in [2.75, 3.05) is 20.3 Å². The largest absolute Gasteiger partial charge is 0.400 e. The second-order valence-corrected chi connectivity index (χ2v) is 1.69. The van der Waals surface area contributed by atoms with E-state index in [0.29, 0.717) is 0 Å². The van der Waals surface area contributed by atoms with Crippen LogP contribution in [0.4, 0.5) is 0 Å². The summed E-state index contributed by atoms with van der Waals surface area (Å²) in [6, 6.07) is 0. The molecule has 0 heterocycles. The number of aliphatic hydroxyl groups excluding tert-OH is 1. The molecule has 0 spiro atoms. The first kappa shape index (κ1) is 16.9. The Bertz CT molecular complexity index is 56.4. The van der Waals surface area contributed by atoms with Gasteiger partial charge in [-0.3, -0.25) is 0 Å². The van der Waals surface area contributed by atoms with Gasteiger partial charge >= 0.3 is 0 Å². The Morgan fingerprint density at radius 2 is 1.36 bits per heavy atom. The predicted molar refractivity (Wildman–Crippen MR) is 46.7 cm³/mol. The summed E-state index contributed by atoms with van der Waals surface area (Å²) in [5.74, 6) is 0.167. The first-order chi connectivity index (χ1) is 5.15. The molecule has 11 heavy (non-hydrogen) atoms. The fourth-order valence-electron chi connectivity index (χ4n) is 0.204. The molecule has 0 unspecified atom stereocenters. The summed E-state index contributed by atoms with van der Waals surface area (Å²) in [5, 5.41) is 7.00. The van der Waals surface area contributed by atoms with Crippen molar-refractivity contribution in [2.45, 2.75) is 27.7 Å². The minimum Gasteiger partial charge on any atom is -0.400 e. The highest BCUT2D eigenvalue weighted by molar-refractivity contribution is 5.72. The van der Waals surface area contributed by atoms with Gasteiger partial charge in [-0.05, 0) is 27.7 Å². The third kappa shape index (κ3) is 219. The number of carbonyl (C=O) groups is 1. The molecule has 0 saturated carbocycles. The average molecular weight is 164 g/mol. The zero-order valence-corrected chi connectivity index (χ0v) is 8.18. The second kappa shape index (κ2) is 22.6. The Labute approximate surface area is 69.4 Å². The zero-order valence-electron chi connectivity index (χ0n) is 8.18. The molecule has 0 rings (SSSR count). The van der Waals surface area contributed by atoms with Crippen LogP contribution < -0.4 is 0 Å². The number of ether oxygens (including phenoxy) is 1. The summed E-state index contributed by atoms with van der Waals surface area (Å²) < 4.78 is 4.83. The molecule has 0 aromatic rings. The fourth-order valence-corrected chi connectivity index (χ4v) is 0.204. The van der Waals surface area contributed by atoms with Gasteiger partial charge in [0.25, 0.3) is 0 Å². The monoisotopic (exact) mass is 164 g/mol. The highest BCUT2D eigenvalue weighted by Crippen LogP contribution is 1.64. The number of Topliss-reactive ketones (excluding diaryl/α,β-unsaturated/α-hetero) is 1. The van der Waals surface area contributed by atoms with Crippen LogP contribution in [0.1, 0.15) is 27.7 Å². The van der Waals surface area contributed by atoms with Crippen LogP contribution in [0.25, 0.3) is 0 Å². The van der Waals surface area contributed by atoms with E-state index in [1.54, 1.807) is 0 Å². The Morgan fingerprint density at radius 3 is 1.36 bits per heavy atom. The van der Waals surface area contributed by atoms with Gasteiger partial charge < -0.3 is 14.6 Å². The molecule has 0 atom stereocenters. The summed E-state index contributed by atoms with van der Waals surface area (Å²) in [5.41, 5.74) is 0. The number of aliphatic hydroxyl groups is 1. The van der Waals surface area contributed by atoms with Crippen LogP contribution in [0.3, 0.4) is 0 Å². The highest BCUT2D eigenvalue weighted by atomic mass is 16.5. The lowest BCUT2D eigenvalue weighted by Crippen LogP contribution is -1.84. The van der Waals surface area contributed by atoms with E-state index in [1.165, 1.54) is 13.8 Å². The van der Waals surface area contributed by atoms with E-state index < -0.39 is 0 Å². The maximum Gasteiger partial charge on any atom is 0.126 e. The van der Waals surface area contributed by atoms with Gasteiger partial charge in [0.1, 0.15) is 5.78 Å². The van der Waals surface area contributed by atoms with Crippen molar-refractivity contribution in [1.29, 1.82) is 0 Å². The average Bonchev–Trinajstić information content (AvgIpc) is 1.93. The zero-order chi connectivity index (χ0) is 9.70. The SMILES string of the molecule is CC(C)=O.CCOCC.CO. The summed E-state index contributed by atoms with van der Waals surface area (Å²) in [4.78, 5) is 9.44. The van der Waals surface area contributed by atoms with Crippen LogP contribution in [0.15, 0.2) is 0 Å². The standard InChI is InChI=1S/C4H10O.C3H6O.CH4O/c1-3-5-4-2;1-3(2)4;1-2/h3-4H2,1-2H3;1-2H3;2H,1H3. The molecule has 0 aliphatic carbocycles. The maximum absolute atomic E-state index is 9.44. The molecule has 0 aromatic heterocycles. The number of rotatable bonds is 2. The molecule has 3 nitrogen and oxygen atoms in total. The van der Waals surface area contributed by atoms with E-state index in [4.69, 9.17) is 9.84 Å². The molecular formula is C8H20O3. The Kier molecular flexibility index (Phi) is 34.8. The summed E-state index contributed by atoms with van der Waals surface area (Å²) in [6.07, 6.45) is 0. The second-order valence-electron chi connectivity index (χ2n) is 1.69. The lowest BCUT2D eigenvalue weighted by Gasteiger charge is -1.86. The third-order valence-corrected chi connectivity index (χ3v) is 0.408. The van der Waals surface area contributed by atoms with Gasteiger partial charge in [-0.15, -0.1) is 0 Å². The van der Waals surface area contributed by atoms with Crippen LogP contribution in [0.5, 0.6) is 0 Å². The number of hydrogen-bond acceptors (Lipinski definition) is 3. The van der Waals surface area contributed by atoms with Crippen molar-refractivity contribution < 1.29 is 14.6 Å². The van der Waals surface area contributed by atoms with Gasteiger partial charge in [-0.2, -0.15) is 0 Å². The van der Waals surface area contributed by atoms with E-state index in [1.807, 2.05) is 13.8 Å². The summed E-state index contributed by atoms with van der Waals surface area (Å²) >= 11 is 0. The number of ketones is 1. The van der Waals surface area contributed by atoms with Gasteiger partial charge in [0.05, 0.1) is 0 Å². The van der Waals surface area contributed by atoms with Crippen LogP contribution >= 0.6 is 0 Å². The Morgan fingerprint density at radius 1 is 1.18 bits per heavy atom. The van der Waals surface area contributed by atoms with Crippen molar-refractivity contribution in [2.24, 2.45) is 0 Å². The fraction of sp³-hybridized carbons (Fsp3) is 0.875. The lowest BCUT2D eigenvalue weighted by molar-refractivity contribution is -0.114. The molecule has 0 bridgehead atoms. The molecular weight excluding hydrogens is 144 g/mol. The Hall–Kier alpha value is -0.410. The minimum atomic E-state index is 0.167. The first-order valence-corrected chi connectivity index (χ1v) is 3.64. The molecule has 3 heteroatoms. The van der Waals surface area contributed by atoms with E-state index in [0.717, 1.165) is 20.3 Å². The molecule has 0 aromatic carbocycles. The van der Waals surface area contributed by atoms with E-state index in [2.05, 4.69) is 0 Å².